The summed E-state index contributed by atoms with van der Waals surface area (Å²) in [5.41, 5.74) is 2.91. The Labute approximate surface area is 262 Å². The van der Waals surface area contributed by atoms with Crippen molar-refractivity contribution in [3.63, 3.8) is 0 Å². The molecule has 0 unspecified atom stereocenters. The first-order valence-corrected chi connectivity index (χ1v) is 15.6. The van der Waals surface area contributed by atoms with Crippen LogP contribution < -0.4 is 10.2 Å². The van der Waals surface area contributed by atoms with Crippen LogP contribution in [0.15, 0.2) is 34.2 Å². The lowest BCUT2D eigenvalue weighted by atomic mass is 10.1. The number of aryl methyl sites for hydroxylation is 2. The lowest BCUT2D eigenvalue weighted by molar-refractivity contribution is -0.145. The van der Waals surface area contributed by atoms with Gasteiger partial charge in [-0.2, -0.15) is 4.98 Å². The highest BCUT2D eigenvalue weighted by Crippen LogP contribution is 2.29. The Bertz CT molecular complexity index is 1460. The van der Waals surface area contributed by atoms with E-state index in [0.717, 1.165) is 5.56 Å². The number of hydrazine groups is 1. The maximum Gasteiger partial charge on any atom is 0.410 e. The molecule has 0 saturated heterocycles. The molecule has 12 nitrogen and oxygen atoms in total. The molecule has 3 amide bonds. The van der Waals surface area contributed by atoms with Crippen LogP contribution in [0.5, 0.6) is 0 Å². The van der Waals surface area contributed by atoms with Crippen molar-refractivity contribution in [2.24, 2.45) is 0 Å². The van der Waals surface area contributed by atoms with E-state index in [1.165, 1.54) is 10.4 Å². The molecule has 3 aromatic rings. The smallest absolute Gasteiger partial charge is 0.410 e. The van der Waals surface area contributed by atoms with E-state index in [9.17, 15) is 14.4 Å². The molecule has 1 aliphatic rings. The normalized spacial score (nSPS) is 13.1. The average Bonchev–Trinajstić information content (AvgIpc) is 3.66. The molecule has 0 atom stereocenters. The number of amides is 3. The third kappa shape index (κ3) is 8.35. The number of carbonyl (C=O) groups is 3. The molecule has 1 N–H and O–H groups in total. The van der Waals surface area contributed by atoms with E-state index >= 15 is 0 Å². The Morgan fingerprint density at radius 3 is 2.52 bits per heavy atom. The Morgan fingerprint density at radius 2 is 1.89 bits per heavy atom. The number of thiophene rings is 1. The molecule has 0 bridgehead atoms. The number of ether oxygens (including phenoxy) is 1. The van der Waals surface area contributed by atoms with Crippen molar-refractivity contribution < 1.29 is 23.6 Å². The maximum absolute atomic E-state index is 13.6. The first kappa shape index (κ1) is 32.9. The van der Waals surface area contributed by atoms with E-state index in [4.69, 9.17) is 9.26 Å². The zero-order valence-electron chi connectivity index (χ0n) is 26.8. The van der Waals surface area contributed by atoms with E-state index < -0.39 is 11.7 Å². The van der Waals surface area contributed by atoms with E-state index in [0.29, 0.717) is 36.1 Å². The molecule has 13 heteroatoms. The van der Waals surface area contributed by atoms with Crippen LogP contribution in [0.2, 0.25) is 0 Å². The summed E-state index contributed by atoms with van der Waals surface area (Å²) in [6, 6.07) is 7.65. The fourth-order valence-corrected chi connectivity index (χ4v) is 5.76. The van der Waals surface area contributed by atoms with Gasteiger partial charge in [0, 0.05) is 55.8 Å². The minimum Gasteiger partial charge on any atom is -0.444 e. The fourth-order valence-electron chi connectivity index (χ4n) is 4.86. The van der Waals surface area contributed by atoms with Gasteiger partial charge in [0.15, 0.2) is 0 Å². The predicted octanol–water partition coefficient (Wildman–Crippen LogP) is 4.37. The minimum atomic E-state index is -0.624. The van der Waals surface area contributed by atoms with Gasteiger partial charge in [0.2, 0.25) is 17.6 Å². The van der Waals surface area contributed by atoms with Crippen molar-refractivity contribution in [1.29, 1.82) is 0 Å². The summed E-state index contributed by atoms with van der Waals surface area (Å²) >= 11 is 1.69. The number of rotatable bonds is 11. The van der Waals surface area contributed by atoms with Crippen molar-refractivity contribution in [3.8, 4) is 11.4 Å². The molecule has 238 valence electrons. The van der Waals surface area contributed by atoms with E-state index in [1.807, 2.05) is 64.8 Å². The van der Waals surface area contributed by atoms with Gasteiger partial charge < -0.3 is 24.4 Å². The zero-order chi connectivity index (χ0) is 32.2. The van der Waals surface area contributed by atoms with Crippen LogP contribution in [-0.4, -0.2) is 87.8 Å². The molecular formula is C31H43N7O5S. The van der Waals surface area contributed by atoms with Crippen molar-refractivity contribution in [2.45, 2.75) is 73.2 Å². The second-order valence-corrected chi connectivity index (χ2v) is 13.2. The summed E-state index contributed by atoms with van der Waals surface area (Å²) in [4.78, 5) is 48.6. The Balaban J connectivity index is 1.49. The summed E-state index contributed by atoms with van der Waals surface area (Å²) in [6.07, 6.45) is -0.433. The van der Waals surface area contributed by atoms with Crippen molar-refractivity contribution in [1.82, 2.24) is 30.4 Å². The molecule has 44 heavy (non-hydrogen) atoms. The summed E-state index contributed by atoms with van der Waals surface area (Å²) in [5.74, 6) is 0.438. The molecule has 4 rings (SSSR count). The van der Waals surface area contributed by atoms with Crippen LogP contribution >= 0.6 is 11.3 Å². The number of likely N-dealkylation sites (N-methyl/N-ethyl adjacent to an activating group) is 1. The van der Waals surface area contributed by atoms with Gasteiger partial charge in [0.25, 0.3) is 5.91 Å². The Hall–Kier alpha value is -3.97. The van der Waals surface area contributed by atoms with Crippen LogP contribution in [0, 0.1) is 13.8 Å². The van der Waals surface area contributed by atoms with E-state index in [1.54, 1.807) is 40.1 Å². The number of nitrogens with one attached hydrogen (secondary N) is 1. The van der Waals surface area contributed by atoms with Crippen LogP contribution in [0.1, 0.15) is 56.5 Å². The van der Waals surface area contributed by atoms with E-state index in [2.05, 4.69) is 26.9 Å². The van der Waals surface area contributed by atoms with Crippen LogP contribution in [0.25, 0.3) is 11.4 Å². The number of nitrogens with zero attached hydrogens (tertiary/aromatic N) is 6. The van der Waals surface area contributed by atoms with Crippen molar-refractivity contribution >= 4 is 34.9 Å². The van der Waals surface area contributed by atoms with Gasteiger partial charge >= 0.3 is 6.09 Å². The van der Waals surface area contributed by atoms with Crippen LogP contribution in [0.4, 0.5) is 10.5 Å². The highest BCUT2D eigenvalue weighted by molar-refractivity contribution is 7.10. The largest absolute Gasteiger partial charge is 0.444 e. The fraction of sp³-hybridized carbons (Fsp3) is 0.516. The van der Waals surface area contributed by atoms with Gasteiger partial charge in [0.1, 0.15) is 5.60 Å². The topological polar surface area (TPSA) is 124 Å². The third-order valence-corrected chi connectivity index (χ3v) is 8.17. The Kier molecular flexibility index (Phi) is 10.3. The molecule has 3 heterocycles. The molecule has 0 saturated carbocycles. The third-order valence-electron chi connectivity index (χ3n) is 7.22. The van der Waals surface area contributed by atoms with Crippen molar-refractivity contribution in [3.05, 3.63) is 51.5 Å². The molecular weight excluding hydrogens is 582 g/mol. The average molecular weight is 626 g/mol. The number of anilines is 1. The summed E-state index contributed by atoms with van der Waals surface area (Å²) in [6.45, 7) is 14.7. The van der Waals surface area contributed by atoms with Gasteiger partial charge in [-0.05, 0) is 70.2 Å². The standard InChI is InChI=1S/C31H43N7O5S/c1-20(2)38(30(41)42-31(5,6)7)13-12-32-27(39)18-36(19-28(40)35(8)37-16-24-11-14-44-26(24)17-37)25-15-23(10-9-21(25)3)29-33-22(4)43-34-29/h9-11,14-15,20H,12-13,16-19H2,1-8H3,(H,32,39). The number of fused-ring (bicyclic) bond motifs is 1. The summed E-state index contributed by atoms with van der Waals surface area (Å²) in [5, 5.41) is 12.7. The number of benzene rings is 1. The first-order valence-electron chi connectivity index (χ1n) is 14.7. The molecule has 0 radical (unpaired) electrons. The van der Waals surface area contributed by atoms with Crippen molar-refractivity contribution in [2.75, 3.05) is 38.1 Å². The quantitative estimate of drug-likeness (QED) is 0.331. The predicted molar refractivity (Wildman–Crippen MR) is 169 cm³/mol. The van der Waals surface area contributed by atoms with Gasteiger partial charge in [-0.25, -0.2) is 9.80 Å². The second kappa shape index (κ2) is 13.8. The van der Waals surface area contributed by atoms with Gasteiger partial charge in [-0.3, -0.25) is 14.6 Å². The van der Waals surface area contributed by atoms with Gasteiger partial charge in [-0.15, -0.1) is 11.3 Å². The highest BCUT2D eigenvalue weighted by Gasteiger charge is 2.28. The Morgan fingerprint density at radius 1 is 1.14 bits per heavy atom. The molecule has 2 aromatic heterocycles. The molecule has 0 aliphatic carbocycles. The number of aromatic nitrogens is 2. The maximum atomic E-state index is 13.6. The van der Waals surface area contributed by atoms with E-state index in [-0.39, 0.29) is 44.0 Å². The molecule has 0 spiro atoms. The first-order chi connectivity index (χ1) is 20.7. The monoisotopic (exact) mass is 625 g/mol. The SMILES string of the molecule is Cc1nc(-c2ccc(C)c(N(CC(=O)NCCN(C(=O)OC(C)(C)C)C(C)C)CC(=O)N(C)N3Cc4ccsc4C3)c2)no1. The summed E-state index contributed by atoms with van der Waals surface area (Å²) in [7, 11) is 1.76. The molecule has 1 aromatic carbocycles. The lowest BCUT2D eigenvalue weighted by Crippen LogP contribution is -2.49. The molecule has 0 fully saturated rings. The molecule has 1 aliphatic heterocycles. The van der Waals surface area contributed by atoms with Gasteiger partial charge in [0.05, 0.1) is 19.6 Å². The second-order valence-electron chi connectivity index (χ2n) is 12.2. The minimum absolute atomic E-state index is 0.0281. The number of hydrogen-bond acceptors (Lipinski definition) is 10. The number of carbonyl (C=O) groups excluding carboxylic acids is 3. The number of hydrogen-bond donors (Lipinski definition) is 1. The van der Waals surface area contributed by atoms with Gasteiger partial charge in [-0.1, -0.05) is 17.3 Å². The van der Waals surface area contributed by atoms with Crippen LogP contribution in [-0.2, 0) is 27.4 Å². The summed E-state index contributed by atoms with van der Waals surface area (Å²) < 4.78 is 10.7. The van der Waals surface area contributed by atoms with Crippen LogP contribution in [0.3, 0.4) is 0 Å². The zero-order valence-corrected chi connectivity index (χ0v) is 27.7. The highest BCUT2D eigenvalue weighted by atomic mass is 32.1. The lowest BCUT2D eigenvalue weighted by Gasteiger charge is -2.32.